The molecular formula is C25H22N2O4. The van der Waals surface area contributed by atoms with Crippen LogP contribution in [0, 0.1) is 0 Å². The molecule has 4 rings (SSSR count). The lowest BCUT2D eigenvalue weighted by Gasteiger charge is -2.08. The topological polar surface area (TPSA) is 85.1 Å². The first-order chi connectivity index (χ1) is 14.9. The van der Waals surface area contributed by atoms with Crippen molar-refractivity contribution in [2.45, 2.75) is 26.8 Å². The van der Waals surface area contributed by atoms with Gasteiger partial charge in [-0.1, -0.05) is 36.4 Å². The third-order valence-electron chi connectivity index (χ3n) is 5.07. The Balaban J connectivity index is 1.56. The zero-order valence-electron chi connectivity index (χ0n) is 17.6. The second-order valence-corrected chi connectivity index (χ2v) is 7.46. The Bertz CT molecular complexity index is 1440. The van der Waals surface area contributed by atoms with Gasteiger partial charge in [0, 0.05) is 22.2 Å². The highest BCUT2D eigenvalue weighted by Crippen LogP contribution is 2.14. The summed E-state index contributed by atoms with van der Waals surface area (Å²) in [4.78, 5) is 33.8. The van der Waals surface area contributed by atoms with Crippen molar-refractivity contribution < 1.29 is 8.83 Å². The van der Waals surface area contributed by atoms with Crippen molar-refractivity contribution in [1.29, 1.82) is 0 Å². The first-order valence-electron chi connectivity index (χ1n) is 10.0. The maximum absolute atomic E-state index is 12.3. The molecule has 6 nitrogen and oxygen atoms in total. The summed E-state index contributed by atoms with van der Waals surface area (Å²) in [6.45, 7) is 5.84. The number of benzene rings is 2. The average Bonchev–Trinajstić information content (AvgIpc) is 2.76. The predicted octanol–water partition coefficient (Wildman–Crippen LogP) is 4.61. The van der Waals surface area contributed by atoms with Gasteiger partial charge in [-0.2, -0.15) is 0 Å². The minimum Gasteiger partial charge on any atom is -0.422 e. The highest BCUT2D eigenvalue weighted by molar-refractivity contribution is 6.01. The van der Waals surface area contributed by atoms with Gasteiger partial charge in [0.1, 0.15) is 11.2 Å². The molecule has 2 aromatic carbocycles. The predicted molar refractivity (Wildman–Crippen MR) is 124 cm³/mol. The van der Waals surface area contributed by atoms with E-state index in [-0.39, 0.29) is 6.04 Å². The van der Waals surface area contributed by atoms with Crippen molar-refractivity contribution in [1.82, 2.24) is 0 Å². The third-order valence-corrected chi connectivity index (χ3v) is 5.07. The van der Waals surface area contributed by atoms with Crippen LogP contribution >= 0.6 is 0 Å². The second kappa shape index (κ2) is 8.52. The van der Waals surface area contributed by atoms with Crippen LogP contribution in [0.15, 0.2) is 89.1 Å². The molecule has 0 bridgehead atoms. The number of hydrogen-bond donors (Lipinski definition) is 0. The standard InChI is InChI=1S/C25H22N2O4/c1-15(27-17(3)21-13-19-9-5-7-11-23(19)31-25(21)29)14-26-16(2)20-12-18-8-4-6-10-22(18)30-24(20)28/h4-13,15H,14H2,1-3H3/t15-/m0/s1. The van der Waals surface area contributed by atoms with E-state index in [1.54, 1.807) is 38.1 Å². The summed E-state index contributed by atoms with van der Waals surface area (Å²) < 4.78 is 10.8. The molecule has 0 aliphatic carbocycles. The van der Waals surface area contributed by atoms with Crippen LogP contribution in [0.1, 0.15) is 31.9 Å². The van der Waals surface area contributed by atoms with Crippen LogP contribution in [-0.2, 0) is 0 Å². The summed E-state index contributed by atoms with van der Waals surface area (Å²) in [5.74, 6) is 0. The van der Waals surface area contributed by atoms with E-state index in [2.05, 4.69) is 9.98 Å². The Morgan fingerprint density at radius 2 is 1.29 bits per heavy atom. The van der Waals surface area contributed by atoms with Gasteiger partial charge in [-0.3, -0.25) is 9.98 Å². The molecule has 2 heterocycles. The Labute approximate surface area is 178 Å². The highest BCUT2D eigenvalue weighted by atomic mass is 16.4. The van der Waals surface area contributed by atoms with Gasteiger partial charge in [-0.25, -0.2) is 9.59 Å². The molecule has 6 heteroatoms. The fraction of sp³-hybridized carbons (Fsp3) is 0.200. The van der Waals surface area contributed by atoms with E-state index in [4.69, 9.17) is 8.83 Å². The van der Waals surface area contributed by atoms with Crippen molar-refractivity contribution in [2.24, 2.45) is 9.98 Å². The molecule has 0 spiro atoms. The zero-order chi connectivity index (χ0) is 22.0. The Morgan fingerprint density at radius 1 is 0.806 bits per heavy atom. The number of aliphatic imine (C=N–C) groups is 2. The zero-order valence-corrected chi connectivity index (χ0v) is 17.6. The maximum Gasteiger partial charge on any atom is 0.345 e. The Hall–Kier alpha value is -3.80. The molecule has 4 aromatic rings. The molecule has 31 heavy (non-hydrogen) atoms. The van der Waals surface area contributed by atoms with E-state index in [1.165, 1.54) is 0 Å². The van der Waals surface area contributed by atoms with Crippen LogP contribution in [0.5, 0.6) is 0 Å². The van der Waals surface area contributed by atoms with Gasteiger partial charge in [0.25, 0.3) is 0 Å². The van der Waals surface area contributed by atoms with Crippen LogP contribution in [0.25, 0.3) is 21.9 Å². The fourth-order valence-electron chi connectivity index (χ4n) is 3.42. The van der Waals surface area contributed by atoms with Crippen LogP contribution in [0.2, 0.25) is 0 Å². The summed E-state index contributed by atoms with van der Waals surface area (Å²) in [5, 5.41) is 1.69. The molecule has 0 aliphatic rings. The smallest absolute Gasteiger partial charge is 0.345 e. The monoisotopic (exact) mass is 414 g/mol. The molecule has 156 valence electrons. The summed E-state index contributed by atoms with van der Waals surface area (Å²) in [6, 6.07) is 18.1. The van der Waals surface area contributed by atoms with Gasteiger partial charge in [-0.15, -0.1) is 0 Å². The summed E-state index contributed by atoms with van der Waals surface area (Å²) in [5.41, 5.74) is 2.30. The third kappa shape index (κ3) is 4.38. The molecular weight excluding hydrogens is 392 g/mol. The Morgan fingerprint density at radius 3 is 1.84 bits per heavy atom. The van der Waals surface area contributed by atoms with E-state index < -0.39 is 11.3 Å². The SMILES string of the molecule is CC(=NC[C@H](C)N=C(C)c1cc2ccccc2oc1=O)c1cc2ccccc2oc1=O. The van der Waals surface area contributed by atoms with Crippen LogP contribution in [-0.4, -0.2) is 24.0 Å². The minimum absolute atomic E-state index is 0.187. The Kier molecular flexibility index (Phi) is 5.62. The van der Waals surface area contributed by atoms with Crippen molar-refractivity contribution in [3.8, 4) is 0 Å². The molecule has 0 saturated carbocycles. The van der Waals surface area contributed by atoms with Crippen molar-refractivity contribution in [2.75, 3.05) is 6.54 Å². The molecule has 0 unspecified atom stereocenters. The second-order valence-electron chi connectivity index (χ2n) is 7.46. The number of rotatable bonds is 5. The summed E-state index contributed by atoms with van der Waals surface area (Å²) >= 11 is 0. The molecule has 2 aromatic heterocycles. The van der Waals surface area contributed by atoms with Crippen LogP contribution in [0.3, 0.4) is 0 Å². The van der Waals surface area contributed by atoms with E-state index in [1.807, 2.05) is 43.3 Å². The van der Waals surface area contributed by atoms with Gasteiger partial charge in [0.15, 0.2) is 0 Å². The quantitative estimate of drug-likeness (QED) is 0.353. The fourth-order valence-corrected chi connectivity index (χ4v) is 3.42. The van der Waals surface area contributed by atoms with Crippen LogP contribution < -0.4 is 11.3 Å². The first kappa shape index (κ1) is 20.5. The number of para-hydroxylation sites is 2. The van der Waals surface area contributed by atoms with E-state index in [0.29, 0.717) is 40.3 Å². The lowest BCUT2D eigenvalue weighted by molar-refractivity contribution is 0.558. The highest BCUT2D eigenvalue weighted by Gasteiger charge is 2.11. The lowest BCUT2D eigenvalue weighted by atomic mass is 10.1. The van der Waals surface area contributed by atoms with Gasteiger partial charge in [0.05, 0.1) is 23.7 Å². The number of fused-ring (bicyclic) bond motifs is 2. The molecule has 0 fully saturated rings. The normalized spacial score (nSPS) is 13.6. The maximum atomic E-state index is 12.3. The molecule has 0 N–H and O–H groups in total. The van der Waals surface area contributed by atoms with Crippen LogP contribution in [0.4, 0.5) is 0 Å². The largest absolute Gasteiger partial charge is 0.422 e. The summed E-state index contributed by atoms with van der Waals surface area (Å²) in [7, 11) is 0. The lowest BCUT2D eigenvalue weighted by Crippen LogP contribution is -2.17. The average molecular weight is 414 g/mol. The van der Waals surface area contributed by atoms with Gasteiger partial charge < -0.3 is 8.83 Å². The minimum atomic E-state index is -0.416. The first-order valence-corrected chi connectivity index (χ1v) is 10.0. The molecule has 0 saturated heterocycles. The molecule has 0 aliphatic heterocycles. The van der Waals surface area contributed by atoms with Gasteiger partial charge in [-0.05, 0) is 45.0 Å². The number of nitrogens with zero attached hydrogens (tertiary/aromatic N) is 2. The molecule has 0 radical (unpaired) electrons. The van der Waals surface area contributed by atoms with Crippen molar-refractivity contribution >= 4 is 33.4 Å². The van der Waals surface area contributed by atoms with Gasteiger partial charge in [0.2, 0.25) is 0 Å². The van der Waals surface area contributed by atoms with E-state index >= 15 is 0 Å². The van der Waals surface area contributed by atoms with E-state index in [9.17, 15) is 9.59 Å². The van der Waals surface area contributed by atoms with Crippen molar-refractivity contribution in [3.05, 3.63) is 92.6 Å². The number of hydrogen-bond acceptors (Lipinski definition) is 6. The molecule has 1 atom stereocenters. The van der Waals surface area contributed by atoms with Crippen molar-refractivity contribution in [3.63, 3.8) is 0 Å². The van der Waals surface area contributed by atoms with E-state index in [0.717, 1.165) is 10.8 Å². The molecule has 0 amide bonds. The summed E-state index contributed by atoms with van der Waals surface area (Å²) in [6.07, 6.45) is 0. The van der Waals surface area contributed by atoms with Gasteiger partial charge >= 0.3 is 11.3 Å².